The molecule has 2 rings (SSSR count). The fraction of sp³-hybridized carbons (Fsp3) is 0.533. The summed E-state index contributed by atoms with van der Waals surface area (Å²) in [5.41, 5.74) is 1.15. The summed E-state index contributed by atoms with van der Waals surface area (Å²) in [6.07, 6.45) is 3.91. The third-order valence-electron chi connectivity index (χ3n) is 3.54. The molecule has 1 atom stereocenters. The average Bonchev–Trinajstić information content (AvgIpc) is 2.38. The molecule has 1 heterocycles. The molecule has 1 fully saturated rings. The highest BCUT2D eigenvalue weighted by Gasteiger charge is 2.14. The first kappa shape index (κ1) is 15.3. The number of hydrogen-bond donors (Lipinski definition) is 2. The predicted molar refractivity (Wildman–Crippen MR) is 84.5 cm³/mol. The molecule has 1 aliphatic rings. The van der Waals surface area contributed by atoms with Crippen LogP contribution in [0.5, 0.6) is 0 Å². The first-order valence-electron chi connectivity index (χ1n) is 7.07. The summed E-state index contributed by atoms with van der Waals surface area (Å²) in [5.74, 6) is -0.905. The lowest BCUT2D eigenvalue weighted by atomic mass is 10.1. The van der Waals surface area contributed by atoms with E-state index in [1.54, 1.807) is 12.1 Å². The van der Waals surface area contributed by atoms with Crippen LogP contribution in [0.1, 0.15) is 36.5 Å². The van der Waals surface area contributed by atoms with E-state index < -0.39 is 5.97 Å². The Balaban J connectivity index is 1.96. The number of aromatic carboxylic acids is 1. The van der Waals surface area contributed by atoms with Gasteiger partial charge in [-0.1, -0.05) is 22.4 Å². The van der Waals surface area contributed by atoms with Crippen LogP contribution in [0.4, 0.5) is 5.69 Å². The quantitative estimate of drug-likeness (QED) is 0.862. The Bertz CT molecular complexity index is 473. The third kappa shape index (κ3) is 4.49. The van der Waals surface area contributed by atoms with E-state index in [2.05, 4.69) is 33.1 Å². The molecule has 1 aliphatic heterocycles. The van der Waals surface area contributed by atoms with Gasteiger partial charge in [-0.15, -0.1) is 0 Å². The number of carboxylic acids is 1. The SMILES string of the molecule is CC(CN1CCCCC1)Nc1cc(Br)cc(C(=O)O)c1. The number of piperidine rings is 1. The van der Waals surface area contributed by atoms with Crippen molar-refractivity contribution in [1.29, 1.82) is 0 Å². The van der Waals surface area contributed by atoms with Crippen LogP contribution < -0.4 is 5.32 Å². The van der Waals surface area contributed by atoms with E-state index in [0.29, 0.717) is 11.6 Å². The van der Waals surface area contributed by atoms with Gasteiger partial charge in [0.1, 0.15) is 0 Å². The summed E-state index contributed by atoms with van der Waals surface area (Å²) >= 11 is 3.36. The third-order valence-corrected chi connectivity index (χ3v) is 4.00. The number of likely N-dealkylation sites (tertiary alicyclic amines) is 1. The smallest absolute Gasteiger partial charge is 0.335 e. The van der Waals surface area contributed by atoms with E-state index in [4.69, 9.17) is 5.11 Å². The Morgan fingerprint density at radius 3 is 2.70 bits per heavy atom. The van der Waals surface area contributed by atoms with E-state index in [-0.39, 0.29) is 0 Å². The van der Waals surface area contributed by atoms with E-state index >= 15 is 0 Å². The minimum absolute atomic E-state index is 0.295. The molecule has 5 heteroatoms. The van der Waals surface area contributed by atoms with Crippen LogP contribution >= 0.6 is 15.9 Å². The zero-order valence-electron chi connectivity index (χ0n) is 11.7. The number of carboxylic acid groups (broad SMARTS) is 1. The second-order valence-electron chi connectivity index (χ2n) is 5.44. The molecule has 1 unspecified atom stereocenters. The van der Waals surface area contributed by atoms with Crippen LogP contribution in [0.3, 0.4) is 0 Å². The molecule has 0 saturated carbocycles. The molecule has 0 amide bonds. The topological polar surface area (TPSA) is 52.6 Å². The fourth-order valence-corrected chi connectivity index (χ4v) is 3.15. The van der Waals surface area contributed by atoms with Gasteiger partial charge in [0.25, 0.3) is 0 Å². The van der Waals surface area contributed by atoms with Crippen molar-refractivity contribution >= 4 is 27.6 Å². The molecule has 0 aromatic heterocycles. The van der Waals surface area contributed by atoms with Crippen LogP contribution in [0.2, 0.25) is 0 Å². The molecule has 0 spiro atoms. The van der Waals surface area contributed by atoms with Crippen molar-refractivity contribution in [2.24, 2.45) is 0 Å². The highest BCUT2D eigenvalue weighted by Crippen LogP contribution is 2.21. The molecular weight excluding hydrogens is 320 g/mol. The van der Waals surface area contributed by atoms with Crippen LogP contribution in [0.15, 0.2) is 22.7 Å². The molecule has 0 radical (unpaired) electrons. The maximum absolute atomic E-state index is 11.1. The molecule has 1 saturated heterocycles. The van der Waals surface area contributed by atoms with Crippen molar-refractivity contribution in [3.63, 3.8) is 0 Å². The van der Waals surface area contributed by atoms with E-state index in [9.17, 15) is 4.79 Å². The van der Waals surface area contributed by atoms with Crippen molar-refractivity contribution in [2.75, 3.05) is 25.0 Å². The fourth-order valence-electron chi connectivity index (χ4n) is 2.66. The molecule has 1 aromatic carbocycles. The summed E-state index contributed by atoms with van der Waals surface area (Å²) in [4.78, 5) is 13.5. The van der Waals surface area contributed by atoms with Gasteiger partial charge in [-0.05, 0) is 51.1 Å². The van der Waals surface area contributed by atoms with Crippen LogP contribution in [-0.4, -0.2) is 41.7 Å². The Morgan fingerprint density at radius 2 is 2.05 bits per heavy atom. The molecule has 1 aromatic rings. The minimum Gasteiger partial charge on any atom is -0.478 e. The Labute approximate surface area is 128 Å². The Morgan fingerprint density at radius 1 is 1.35 bits per heavy atom. The van der Waals surface area contributed by atoms with Crippen molar-refractivity contribution in [1.82, 2.24) is 4.90 Å². The number of rotatable bonds is 5. The van der Waals surface area contributed by atoms with Gasteiger partial charge in [0.2, 0.25) is 0 Å². The Kier molecular flexibility index (Phi) is 5.43. The number of anilines is 1. The zero-order valence-corrected chi connectivity index (χ0v) is 13.3. The normalized spacial score (nSPS) is 17.7. The molecule has 0 aliphatic carbocycles. The van der Waals surface area contributed by atoms with Gasteiger partial charge >= 0.3 is 5.97 Å². The molecule has 4 nitrogen and oxygen atoms in total. The summed E-state index contributed by atoms with van der Waals surface area (Å²) < 4.78 is 0.782. The number of carbonyl (C=O) groups is 1. The van der Waals surface area contributed by atoms with Gasteiger partial charge in [0.15, 0.2) is 0 Å². The Hall–Kier alpha value is -1.07. The van der Waals surface area contributed by atoms with E-state index in [0.717, 1.165) is 16.7 Å². The van der Waals surface area contributed by atoms with Crippen molar-refractivity contribution in [3.05, 3.63) is 28.2 Å². The standard InChI is InChI=1S/C15H21BrN2O2/c1-11(10-18-5-3-2-4-6-18)17-14-8-12(15(19)20)7-13(16)9-14/h7-9,11,17H,2-6,10H2,1H3,(H,19,20). The lowest BCUT2D eigenvalue weighted by Crippen LogP contribution is -2.38. The van der Waals surface area contributed by atoms with Gasteiger partial charge in [-0.2, -0.15) is 0 Å². The number of hydrogen-bond acceptors (Lipinski definition) is 3. The average molecular weight is 341 g/mol. The summed E-state index contributed by atoms with van der Waals surface area (Å²) in [5, 5.41) is 12.5. The van der Waals surface area contributed by atoms with Gasteiger partial charge in [-0.25, -0.2) is 4.79 Å². The number of nitrogens with one attached hydrogen (secondary N) is 1. The summed E-state index contributed by atoms with van der Waals surface area (Å²) in [7, 11) is 0. The van der Waals surface area contributed by atoms with Gasteiger partial charge in [0, 0.05) is 22.7 Å². The maximum Gasteiger partial charge on any atom is 0.335 e. The maximum atomic E-state index is 11.1. The van der Waals surface area contributed by atoms with Crippen LogP contribution in [0.25, 0.3) is 0 Å². The first-order chi connectivity index (χ1) is 9.54. The monoisotopic (exact) mass is 340 g/mol. The van der Waals surface area contributed by atoms with E-state index in [1.807, 2.05) is 6.07 Å². The second-order valence-corrected chi connectivity index (χ2v) is 6.36. The molecular formula is C15H21BrN2O2. The van der Waals surface area contributed by atoms with Crippen LogP contribution in [-0.2, 0) is 0 Å². The van der Waals surface area contributed by atoms with Gasteiger partial charge in [-0.3, -0.25) is 0 Å². The highest BCUT2D eigenvalue weighted by molar-refractivity contribution is 9.10. The molecule has 0 bridgehead atoms. The lowest BCUT2D eigenvalue weighted by Gasteiger charge is -2.29. The van der Waals surface area contributed by atoms with Crippen molar-refractivity contribution < 1.29 is 9.90 Å². The zero-order chi connectivity index (χ0) is 14.5. The number of halogens is 1. The summed E-state index contributed by atoms with van der Waals surface area (Å²) in [6.45, 7) is 5.47. The lowest BCUT2D eigenvalue weighted by molar-refractivity contribution is 0.0697. The predicted octanol–water partition coefficient (Wildman–Crippen LogP) is 3.43. The van der Waals surface area contributed by atoms with Crippen LogP contribution in [0, 0.1) is 0 Å². The van der Waals surface area contributed by atoms with E-state index in [1.165, 1.54) is 32.4 Å². The largest absolute Gasteiger partial charge is 0.478 e. The summed E-state index contributed by atoms with van der Waals surface area (Å²) in [6, 6.07) is 5.51. The van der Waals surface area contributed by atoms with Crippen molar-refractivity contribution in [3.8, 4) is 0 Å². The first-order valence-corrected chi connectivity index (χ1v) is 7.86. The minimum atomic E-state index is -0.905. The molecule has 110 valence electrons. The highest BCUT2D eigenvalue weighted by atomic mass is 79.9. The number of benzene rings is 1. The van der Waals surface area contributed by atoms with Gasteiger partial charge in [0.05, 0.1) is 5.56 Å². The number of nitrogens with zero attached hydrogens (tertiary/aromatic N) is 1. The second kappa shape index (κ2) is 7.09. The molecule has 2 N–H and O–H groups in total. The van der Waals surface area contributed by atoms with Crippen molar-refractivity contribution in [2.45, 2.75) is 32.2 Å². The molecule has 20 heavy (non-hydrogen) atoms. The van der Waals surface area contributed by atoms with Gasteiger partial charge < -0.3 is 15.3 Å².